The molecule has 164 valence electrons. The highest BCUT2D eigenvalue weighted by molar-refractivity contribution is 9.10. The van der Waals surface area contributed by atoms with E-state index in [1.807, 2.05) is 10.6 Å². The topological polar surface area (TPSA) is 99.2 Å². The summed E-state index contributed by atoms with van der Waals surface area (Å²) < 4.78 is 13.1. The van der Waals surface area contributed by atoms with Crippen LogP contribution in [0.15, 0.2) is 26.4 Å². The van der Waals surface area contributed by atoms with Gasteiger partial charge in [0.1, 0.15) is 5.00 Å². The van der Waals surface area contributed by atoms with Crippen LogP contribution in [0.25, 0.3) is 11.6 Å². The van der Waals surface area contributed by atoms with Crippen LogP contribution < -0.4 is 5.32 Å². The molecule has 0 aromatic carbocycles. The zero-order valence-electron chi connectivity index (χ0n) is 17.1. The Morgan fingerprint density at radius 2 is 2.19 bits per heavy atom. The van der Waals surface area contributed by atoms with Crippen molar-refractivity contribution in [1.29, 1.82) is 0 Å². The molecule has 8 nitrogen and oxygen atoms in total. The van der Waals surface area contributed by atoms with Gasteiger partial charge in [0.25, 0.3) is 0 Å². The molecule has 1 aliphatic carbocycles. The number of fused-ring (bicyclic) bond motifs is 1. The Bertz CT molecular complexity index is 1120. The maximum Gasteiger partial charge on any atom is 0.341 e. The predicted molar refractivity (Wildman–Crippen MR) is 123 cm³/mol. The normalized spacial score (nSPS) is 12.7. The largest absolute Gasteiger partial charge is 0.465 e. The van der Waals surface area contributed by atoms with Crippen LogP contribution in [0.3, 0.4) is 0 Å². The number of esters is 1. The van der Waals surface area contributed by atoms with Gasteiger partial charge < -0.3 is 14.5 Å². The first-order valence-electron chi connectivity index (χ1n) is 9.86. The number of anilines is 1. The number of nitrogens with zero attached hydrogens (tertiary/aromatic N) is 3. The number of amides is 1. The van der Waals surface area contributed by atoms with Crippen LogP contribution >= 0.6 is 39.0 Å². The molecule has 0 radical (unpaired) electrons. The summed E-state index contributed by atoms with van der Waals surface area (Å²) in [4.78, 5) is 26.1. The molecule has 3 aromatic rings. The summed E-state index contributed by atoms with van der Waals surface area (Å²) in [5.74, 6) is 0.771. The van der Waals surface area contributed by atoms with Gasteiger partial charge >= 0.3 is 5.97 Å². The third-order valence-corrected chi connectivity index (χ3v) is 7.45. The molecule has 4 rings (SSSR count). The van der Waals surface area contributed by atoms with Gasteiger partial charge in [-0.05, 0) is 59.3 Å². The highest BCUT2D eigenvalue weighted by Crippen LogP contribution is 2.39. The number of furan rings is 1. The minimum Gasteiger partial charge on any atom is -0.465 e. The number of halogens is 1. The van der Waals surface area contributed by atoms with Gasteiger partial charge in [0, 0.05) is 11.4 Å². The van der Waals surface area contributed by atoms with Gasteiger partial charge in [0.05, 0.1) is 18.4 Å². The standard InChI is InChI=1S/C20H21BrN4O4S2/c1-3-9-25-17(12-7-8-14(21)29-12)23-24-20(25)30-10-15(26)22-18-16(19(27)28-2)11-5-4-6-13(11)31-18/h7-8H,3-6,9-10H2,1-2H3,(H,22,26). The molecular formula is C20H21BrN4O4S2. The lowest BCUT2D eigenvalue weighted by Crippen LogP contribution is -2.16. The van der Waals surface area contributed by atoms with Crippen LogP contribution in [0.5, 0.6) is 0 Å². The van der Waals surface area contributed by atoms with Crippen LogP contribution in [-0.2, 0) is 28.9 Å². The lowest BCUT2D eigenvalue weighted by atomic mass is 10.1. The number of rotatable bonds is 8. The van der Waals surface area contributed by atoms with E-state index in [0.717, 1.165) is 36.1 Å². The number of aromatic nitrogens is 3. The third kappa shape index (κ3) is 4.58. The first kappa shape index (κ1) is 22.1. The molecular weight excluding hydrogens is 504 g/mol. The summed E-state index contributed by atoms with van der Waals surface area (Å²) in [5.41, 5.74) is 1.51. The zero-order chi connectivity index (χ0) is 22.0. The molecule has 1 N–H and O–H groups in total. The number of thioether (sulfide) groups is 1. The summed E-state index contributed by atoms with van der Waals surface area (Å²) in [5, 5.41) is 12.6. The van der Waals surface area contributed by atoms with Gasteiger partial charge in [-0.2, -0.15) is 0 Å². The van der Waals surface area contributed by atoms with Crippen molar-refractivity contribution in [2.75, 3.05) is 18.2 Å². The summed E-state index contributed by atoms with van der Waals surface area (Å²) >= 11 is 6.07. The minimum atomic E-state index is -0.403. The molecule has 0 unspecified atom stereocenters. The van der Waals surface area contributed by atoms with E-state index in [0.29, 0.717) is 38.5 Å². The molecule has 3 heterocycles. The lowest BCUT2D eigenvalue weighted by Gasteiger charge is -2.08. The second kappa shape index (κ2) is 9.58. The van der Waals surface area contributed by atoms with E-state index in [-0.39, 0.29) is 11.7 Å². The lowest BCUT2D eigenvalue weighted by molar-refractivity contribution is -0.113. The number of methoxy groups -OCH3 is 1. The van der Waals surface area contributed by atoms with Crippen molar-refractivity contribution in [2.24, 2.45) is 0 Å². The Kier molecular flexibility index (Phi) is 6.83. The summed E-state index contributed by atoms with van der Waals surface area (Å²) in [6.45, 7) is 2.77. The Hall–Kier alpha value is -2.11. The fourth-order valence-electron chi connectivity index (χ4n) is 3.54. The Labute approximate surface area is 195 Å². The van der Waals surface area contributed by atoms with Crippen LogP contribution in [0.4, 0.5) is 5.00 Å². The van der Waals surface area contributed by atoms with E-state index in [1.165, 1.54) is 30.2 Å². The second-order valence-electron chi connectivity index (χ2n) is 6.95. The van der Waals surface area contributed by atoms with Crippen molar-refractivity contribution in [3.8, 4) is 11.6 Å². The van der Waals surface area contributed by atoms with Crippen molar-refractivity contribution in [1.82, 2.24) is 14.8 Å². The number of thiophene rings is 1. The van der Waals surface area contributed by atoms with Crippen LogP contribution in [0, 0.1) is 0 Å². The molecule has 31 heavy (non-hydrogen) atoms. The number of aryl methyl sites for hydroxylation is 1. The number of carbonyl (C=O) groups excluding carboxylic acids is 2. The van der Waals surface area contributed by atoms with Crippen molar-refractivity contribution >= 4 is 55.9 Å². The first-order chi connectivity index (χ1) is 15.0. The smallest absolute Gasteiger partial charge is 0.341 e. The van der Waals surface area contributed by atoms with Gasteiger partial charge in [0.15, 0.2) is 15.6 Å². The molecule has 0 spiro atoms. The molecule has 0 bridgehead atoms. The molecule has 11 heteroatoms. The maximum atomic E-state index is 12.7. The Morgan fingerprint density at radius 3 is 2.90 bits per heavy atom. The summed E-state index contributed by atoms with van der Waals surface area (Å²) in [6.07, 6.45) is 3.68. The maximum absolute atomic E-state index is 12.7. The molecule has 1 aliphatic rings. The fraction of sp³-hybridized carbons (Fsp3) is 0.400. The number of nitrogens with one attached hydrogen (secondary N) is 1. The van der Waals surface area contributed by atoms with E-state index in [1.54, 1.807) is 6.07 Å². The van der Waals surface area contributed by atoms with Gasteiger partial charge in [-0.15, -0.1) is 21.5 Å². The number of ether oxygens (including phenoxy) is 1. The average molecular weight is 525 g/mol. The van der Waals surface area contributed by atoms with Gasteiger partial charge in [0.2, 0.25) is 11.7 Å². The highest BCUT2D eigenvalue weighted by atomic mass is 79.9. The average Bonchev–Trinajstić information content (AvgIpc) is 3.51. The van der Waals surface area contributed by atoms with Gasteiger partial charge in [-0.1, -0.05) is 18.7 Å². The second-order valence-corrected chi connectivity index (χ2v) is 9.78. The van der Waals surface area contributed by atoms with E-state index in [4.69, 9.17) is 9.15 Å². The molecule has 0 fully saturated rings. The SMILES string of the molecule is CCCn1c(SCC(=O)Nc2sc3c(c2C(=O)OC)CCC3)nnc1-c1ccc(Br)o1. The summed E-state index contributed by atoms with van der Waals surface area (Å²) in [7, 11) is 1.36. The predicted octanol–water partition coefficient (Wildman–Crippen LogP) is 4.78. The van der Waals surface area contributed by atoms with Gasteiger partial charge in [-0.3, -0.25) is 9.36 Å². The van der Waals surface area contributed by atoms with E-state index in [2.05, 4.69) is 38.4 Å². The molecule has 1 amide bonds. The first-order valence-corrected chi connectivity index (χ1v) is 12.5. The van der Waals surface area contributed by atoms with Crippen LogP contribution in [0.2, 0.25) is 0 Å². The quantitative estimate of drug-likeness (QED) is 0.334. The molecule has 0 saturated heterocycles. The highest BCUT2D eigenvalue weighted by Gasteiger charge is 2.28. The van der Waals surface area contributed by atoms with E-state index < -0.39 is 5.97 Å². The van der Waals surface area contributed by atoms with Crippen molar-refractivity contribution in [3.63, 3.8) is 0 Å². The van der Waals surface area contributed by atoms with Crippen molar-refractivity contribution in [2.45, 2.75) is 44.3 Å². The molecule has 3 aromatic heterocycles. The van der Waals surface area contributed by atoms with Gasteiger partial charge in [-0.25, -0.2) is 4.79 Å². The van der Waals surface area contributed by atoms with E-state index >= 15 is 0 Å². The number of hydrogen-bond donors (Lipinski definition) is 1. The van der Waals surface area contributed by atoms with Crippen molar-refractivity contribution in [3.05, 3.63) is 32.8 Å². The number of carbonyl (C=O) groups is 2. The van der Waals surface area contributed by atoms with Crippen LogP contribution in [0.1, 0.15) is 40.6 Å². The summed E-state index contributed by atoms with van der Waals surface area (Å²) in [6, 6.07) is 3.63. The zero-order valence-corrected chi connectivity index (χ0v) is 20.3. The van der Waals surface area contributed by atoms with Crippen molar-refractivity contribution < 1.29 is 18.7 Å². The number of hydrogen-bond acceptors (Lipinski definition) is 8. The third-order valence-electron chi connectivity index (χ3n) is 4.85. The molecule has 0 aliphatic heterocycles. The Balaban J connectivity index is 1.48. The Morgan fingerprint density at radius 1 is 1.35 bits per heavy atom. The monoisotopic (exact) mass is 524 g/mol. The fourth-order valence-corrected chi connectivity index (χ4v) is 5.91. The van der Waals surface area contributed by atoms with E-state index in [9.17, 15) is 9.59 Å². The van der Waals surface area contributed by atoms with Crippen LogP contribution in [-0.4, -0.2) is 39.5 Å². The molecule has 0 atom stereocenters. The minimum absolute atomic E-state index is 0.146. The molecule has 0 saturated carbocycles.